The van der Waals surface area contributed by atoms with E-state index in [4.69, 9.17) is 5.73 Å². The number of anilines is 1. The Bertz CT molecular complexity index is 1170. The molecule has 3 rings (SSSR count). The number of carbonyl (C=O) groups is 3. The molecule has 2 aromatic carbocycles. The fraction of sp³-hybridized carbons (Fsp3) is 0.333. The van der Waals surface area contributed by atoms with E-state index in [9.17, 15) is 19.5 Å². The number of carbonyl (C=O) groups excluding carboxylic acids is 2. The van der Waals surface area contributed by atoms with Gasteiger partial charge in [0.05, 0.1) is 12.5 Å². The third-order valence-corrected chi connectivity index (χ3v) is 6.27. The lowest BCUT2D eigenvalue weighted by molar-refractivity contribution is -0.138. The third kappa shape index (κ3) is 10.2. The molecule has 2 amide bonds. The minimum Gasteiger partial charge on any atom is -0.481 e. The standard InChI is InChI=1S/C30H37N5O4/c31-18-6-4-11-25(34-28(36)13-8-20-33-27-12-5-7-19-32-27)30(39)35-26(21-29(37)38)24-16-14-23(15-17-24)22-9-2-1-3-10-22/h1-3,5,7,9-10,12,14-17,19,25-26H,4,6,8,11,13,18,20-21,31H2,(H,32,33)(H,34,36)(H,35,39)(H,37,38)/t25-,26?/m0/s1. The average molecular weight is 532 g/mol. The predicted octanol–water partition coefficient (Wildman–Crippen LogP) is 3.89. The van der Waals surface area contributed by atoms with E-state index in [0.717, 1.165) is 16.9 Å². The van der Waals surface area contributed by atoms with E-state index in [2.05, 4.69) is 20.9 Å². The van der Waals surface area contributed by atoms with Gasteiger partial charge >= 0.3 is 5.97 Å². The van der Waals surface area contributed by atoms with Gasteiger partial charge in [0.1, 0.15) is 11.9 Å². The normalized spacial score (nSPS) is 12.2. The zero-order valence-corrected chi connectivity index (χ0v) is 22.0. The van der Waals surface area contributed by atoms with E-state index in [1.54, 1.807) is 6.20 Å². The molecule has 0 spiro atoms. The van der Waals surface area contributed by atoms with Crippen molar-refractivity contribution in [1.29, 1.82) is 0 Å². The molecule has 1 heterocycles. The number of amides is 2. The fourth-order valence-corrected chi connectivity index (χ4v) is 4.20. The lowest BCUT2D eigenvalue weighted by Crippen LogP contribution is -2.48. The number of nitrogens with two attached hydrogens (primary N) is 1. The number of benzene rings is 2. The van der Waals surface area contributed by atoms with Gasteiger partial charge in [-0.25, -0.2) is 4.98 Å². The van der Waals surface area contributed by atoms with Crippen molar-refractivity contribution in [3.63, 3.8) is 0 Å². The Labute approximate surface area is 229 Å². The van der Waals surface area contributed by atoms with Crippen LogP contribution in [0.15, 0.2) is 79.0 Å². The van der Waals surface area contributed by atoms with Gasteiger partial charge in [0.2, 0.25) is 11.8 Å². The Morgan fingerprint density at radius 3 is 2.23 bits per heavy atom. The van der Waals surface area contributed by atoms with E-state index in [1.165, 1.54) is 0 Å². The van der Waals surface area contributed by atoms with Crippen molar-refractivity contribution in [2.45, 2.75) is 50.6 Å². The first-order chi connectivity index (χ1) is 19.0. The average Bonchev–Trinajstić information content (AvgIpc) is 2.95. The van der Waals surface area contributed by atoms with E-state index in [-0.39, 0.29) is 18.7 Å². The van der Waals surface area contributed by atoms with Gasteiger partial charge < -0.3 is 26.8 Å². The molecule has 0 aliphatic heterocycles. The van der Waals surface area contributed by atoms with Crippen LogP contribution in [0.25, 0.3) is 11.1 Å². The van der Waals surface area contributed by atoms with Gasteiger partial charge in [0.25, 0.3) is 0 Å². The highest BCUT2D eigenvalue weighted by Gasteiger charge is 2.25. The summed E-state index contributed by atoms with van der Waals surface area (Å²) in [5.74, 6) is -0.951. The first-order valence-electron chi connectivity index (χ1n) is 13.3. The summed E-state index contributed by atoms with van der Waals surface area (Å²) in [7, 11) is 0. The predicted molar refractivity (Wildman–Crippen MR) is 152 cm³/mol. The Morgan fingerprint density at radius 2 is 1.56 bits per heavy atom. The number of pyridine rings is 1. The Balaban J connectivity index is 1.61. The smallest absolute Gasteiger partial charge is 0.305 e. The van der Waals surface area contributed by atoms with Crippen LogP contribution >= 0.6 is 0 Å². The number of hydrogen-bond donors (Lipinski definition) is 5. The summed E-state index contributed by atoms with van der Waals surface area (Å²) >= 11 is 0. The second kappa shape index (κ2) is 15.9. The summed E-state index contributed by atoms with van der Waals surface area (Å²) in [5.41, 5.74) is 8.33. The molecule has 0 radical (unpaired) electrons. The monoisotopic (exact) mass is 531 g/mol. The first kappa shape index (κ1) is 29.3. The van der Waals surface area contributed by atoms with Crippen LogP contribution in [0, 0.1) is 0 Å². The highest BCUT2D eigenvalue weighted by atomic mass is 16.4. The molecule has 1 aromatic heterocycles. The summed E-state index contributed by atoms with van der Waals surface area (Å²) in [5, 5.41) is 18.4. The van der Waals surface area contributed by atoms with Crippen molar-refractivity contribution >= 4 is 23.6 Å². The molecule has 6 N–H and O–H groups in total. The molecule has 39 heavy (non-hydrogen) atoms. The summed E-state index contributed by atoms with van der Waals surface area (Å²) in [4.78, 5) is 41.7. The highest BCUT2D eigenvalue weighted by molar-refractivity contribution is 5.88. The number of aliphatic carboxylic acids is 1. The minimum absolute atomic E-state index is 0.236. The van der Waals surface area contributed by atoms with Crippen molar-refractivity contribution in [3.8, 4) is 11.1 Å². The van der Waals surface area contributed by atoms with Crippen molar-refractivity contribution < 1.29 is 19.5 Å². The second-order valence-electron chi connectivity index (χ2n) is 9.30. The molecule has 0 saturated carbocycles. The van der Waals surface area contributed by atoms with E-state index in [1.807, 2.05) is 72.8 Å². The van der Waals surface area contributed by atoms with Crippen molar-refractivity contribution in [1.82, 2.24) is 15.6 Å². The van der Waals surface area contributed by atoms with Crippen LogP contribution < -0.4 is 21.7 Å². The number of carboxylic acid groups (broad SMARTS) is 1. The molecule has 0 saturated heterocycles. The molecule has 206 valence electrons. The zero-order valence-electron chi connectivity index (χ0n) is 22.0. The molecule has 9 heteroatoms. The Kier molecular flexibility index (Phi) is 11.9. The van der Waals surface area contributed by atoms with Gasteiger partial charge in [-0.05, 0) is 61.1 Å². The highest BCUT2D eigenvalue weighted by Crippen LogP contribution is 2.24. The van der Waals surface area contributed by atoms with Crippen LogP contribution in [0.4, 0.5) is 5.82 Å². The lowest BCUT2D eigenvalue weighted by atomic mass is 9.98. The van der Waals surface area contributed by atoms with Crippen LogP contribution in [-0.2, 0) is 14.4 Å². The van der Waals surface area contributed by atoms with Crippen molar-refractivity contribution in [3.05, 3.63) is 84.6 Å². The van der Waals surface area contributed by atoms with Crippen molar-refractivity contribution in [2.24, 2.45) is 5.73 Å². The molecule has 0 aliphatic rings. The van der Waals surface area contributed by atoms with Gasteiger partial charge in [0.15, 0.2) is 0 Å². The molecule has 0 bridgehead atoms. The topological polar surface area (TPSA) is 146 Å². The van der Waals surface area contributed by atoms with Crippen LogP contribution in [0.5, 0.6) is 0 Å². The van der Waals surface area contributed by atoms with Gasteiger partial charge in [-0.15, -0.1) is 0 Å². The molecule has 2 atom stereocenters. The summed E-state index contributed by atoms with van der Waals surface area (Å²) in [6.45, 7) is 1.05. The lowest BCUT2D eigenvalue weighted by Gasteiger charge is -2.23. The fourth-order valence-electron chi connectivity index (χ4n) is 4.20. The maximum atomic E-state index is 13.3. The largest absolute Gasteiger partial charge is 0.481 e. The van der Waals surface area contributed by atoms with Gasteiger partial charge in [-0.2, -0.15) is 0 Å². The molecule has 0 fully saturated rings. The number of unbranched alkanes of at least 4 members (excludes halogenated alkanes) is 1. The molecular formula is C30H37N5O4. The van der Waals surface area contributed by atoms with Crippen LogP contribution in [-0.4, -0.2) is 47.0 Å². The SMILES string of the molecule is NCCCC[C@H](NC(=O)CCCNc1ccccn1)C(=O)NC(CC(=O)O)c1ccc(-c2ccccc2)cc1. The van der Waals surface area contributed by atoms with Crippen molar-refractivity contribution in [2.75, 3.05) is 18.4 Å². The molecular weight excluding hydrogens is 494 g/mol. The summed E-state index contributed by atoms with van der Waals surface area (Å²) in [6.07, 6.45) is 4.00. The first-order valence-corrected chi connectivity index (χ1v) is 13.3. The van der Waals surface area contributed by atoms with Gasteiger partial charge in [0, 0.05) is 19.2 Å². The third-order valence-electron chi connectivity index (χ3n) is 6.27. The number of carboxylic acids is 1. The summed E-state index contributed by atoms with van der Waals surface area (Å²) in [6, 6.07) is 21.3. The maximum Gasteiger partial charge on any atom is 0.305 e. The molecule has 9 nitrogen and oxygen atoms in total. The van der Waals surface area contributed by atoms with E-state index in [0.29, 0.717) is 44.3 Å². The van der Waals surface area contributed by atoms with Crippen LogP contribution in [0.2, 0.25) is 0 Å². The van der Waals surface area contributed by atoms with Crippen LogP contribution in [0.3, 0.4) is 0 Å². The number of rotatable bonds is 16. The Hall–Kier alpha value is -4.24. The summed E-state index contributed by atoms with van der Waals surface area (Å²) < 4.78 is 0. The molecule has 0 aliphatic carbocycles. The second-order valence-corrected chi connectivity index (χ2v) is 9.30. The quantitative estimate of drug-likeness (QED) is 0.176. The zero-order chi connectivity index (χ0) is 27.9. The number of nitrogens with zero attached hydrogens (tertiary/aromatic N) is 1. The minimum atomic E-state index is -1.03. The molecule has 1 unspecified atom stereocenters. The number of aromatic nitrogens is 1. The Morgan fingerprint density at radius 1 is 0.846 bits per heavy atom. The van der Waals surface area contributed by atoms with E-state index < -0.39 is 24.0 Å². The number of nitrogens with one attached hydrogen (secondary N) is 3. The van der Waals surface area contributed by atoms with Gasteiger partial charge in [-0.1, -0.05) is 60.7 Å². The van der Waals surface area contributed by atoms with Crippen LogP contribution in [0.1, 0.15) is 50.1 Å². The molecule has 3 aromatic rings. The van der Waals surface area contributed by atoms with E-state index >= 15 is 0 Å². The number of hydrogen-bond acceptors (Lipinski definition) is 6. The maximum absolute atomic E-state index is 13.3. The van der Waals surface area contributed by atoms with Gasteiger partial charge in [-0.3, -0.25) is 14.4 Å².